The molecule has 1 aromatic rings. The van der Waals surface area contributed by atoms with Crippen LogP contribution in [-0.2, 0) is 4.74 Å². The third kappa shape index (κ3) is 4.97. The molecule has 0 aliphatic carbocycles. The van der Waals surface area contributed by atoms with Gasteiger partial charge < -0.3 is 10.1 Å². The average molecular weight is 332 g/mol. The summed E-state index contributed by atoms with van der Waals surface area (Å²) >= 11 is 0. The summed E-state index contributed by atoms with van der Waals surface area (Å²) in [5, 5.41) is 3.07. The number of nitrogens with one attached hydrogen (secondary N) is 1. The highest BCUT2D eigenvalue weighted by Crippen LogP contribution is 2.32. The first kappa shape index (κ1) is 18.8. The van der Waals surface area contributed by atoms with E-state index in [2.05, 4.69) is 61.3 Å². The SMILES string of the molecule is C[C@@H](c1ccccc1)N1CC[C@@H](C(C)(C)NC(=O)OC(C)(C)C)C1. The minimum absolute atomic E-state index is 0.284. The number of hydrogen-bond donors (Lipinski definition) is 1. The van der Waals surface area contributed by atoms with Gasteiger partial charge in [-0.25, -0.2) is 4.79 Å². The highest BCUT2D eigenvalue weighted by molar-refractivity contribution is 5.68. The van der Waals surface area contributed by atoms with Crippen LogP contribution in [0.4, 0.5) is 4.79 Å². The first-order valence-corrected chi connectivity index (χ1v) is 8.88. The van der Waals surface area contributed by atoms with Gasteiger partial charge in [0.25, 0.3) is 0 Å². The number of rotatable bonds is 4. The van der Waals surface area contributed by atoms with Crippen molar-refractivity contribution >= 4 is 6.09 Å². The van der Waals surface area contributed by atoms with Crippen molar-refractivity contribution < 1.29 is 9.53 Å². The Morgan fingerprint density at radius 3 is 2.42 bits per heavy atom. The lowest BCUT2D eigenvalue weighted by Gasteiger charge is -2.34. The molecule has 0 unspecified atom stereocenters. The third-order valence-electron chi connectivity index (χ3n) is 4.89. The second-order valence-electron chi connectivity index (χ2n) is 8.42. The van der Waals surface area contributed by atoms with E-state index < -0.39 is 5.60 Å². The number of carbonyl (C=O) groups excluding carboxylic acids is 1. The summed E-state index contributed by atoms with van der Waals surface area (Å²) in [4.78, 5) is 14.6. The van der Waals surface area contributed by atoms with Gasteiger partial charge in [0.15, 0.2) is 0 Å². The molecule has 1 N–H and O–H groups in total. The summed E-state index contributed by atoms with van der Waals surface area (Å²) in [6, 6.07) is 11.0. The lowest BCUT2D eigenvalue weighted by molar-refractivity contribution is 0.0436. The van der Waals surface area contributed by atoms with Crippen LogP contribution < -0.4 is 5.32 Å². The van der Waals surface area contributed by atoms with Gasteiger partial charge in [-0.15, -0.1) is 0 Å². The number of ether oxygens (including phenoxy) is 1. The predicted octanol–water partition coefficient (Wildman–Crippen LogP) is 4.37. The standard InChI is InChI=1S/C20H32N2O2/c1-15(16-10-8-7-9-11-16)22-13-12-17(14-22)20(5,6)21-18(23)24-19(2,3)4/h7-11,15,17H,12-14H2,1-6H3,(H,21,23)/t15-,17+/m0/s1. The maximum atomic E-state index is 12.1. The molecule has 1 aliphatic rings. The minimum atomic E-state index is -0.469. The minimum Gasteiger partial charge on any atom is -0.444 e. The lowest BCUT2D eigenvalue weighted by atomic mass is 9.87. The number of nitrogens with zero attached hydrogens (tertiary/aromatic N) is 1. The normalized spacial score (nSPS) is 20.7. The van der Waals surface area contributed by atoms with Crippen LogP contribution in [0, 0.1) is 5.92 Å². The zero-order valence-corrected chi connectivity index (χ0v) is 15.9. The van der Waals surface area contributed by atoms with Gasteiger partial charge >= 0.3 is 6.09 Å². The fourth-order valence-corrected chi connectivity index (χ4v) is 3.34. The third-order valence-corrected chi connectivity index (χ3v) is 4.89. The second kappa shape index (κ2) is 7.14. The summed E-state index contributed by atoms with van der Waals surface area (Å²) in [7, 11) is 0. The van der Waals surface area contributed by atoms with Crippen LogP contribution in [0.15, 0.2) is 30.3 Å². The zero-order valence-electron chi connectivity index (χ0n) is 15.9. The molecule has 0 radical (unpaired) electrons. The molecule has 4 nitrogen and oxygen atoms in total. The fourth-order valence-electron chi connectivity index (χ4n) is 3.34. The number of likely N-dealkylation sites (tertiary alicyclic amines) is 1. The highest BCUT2D eigenvalue weighted by atomic mass is 16.6. The van der Waals surface area contributed by atoms with Crippen LogP contribution in [0.3, 0.4) is 0 Å². The van der Waals surface area contributed by atoms with E-state index in [1.807, 2.05) is 20.8 Å². The molecule has 1 saturated heterocycles. The van der Waals surface area contributed by atoms with Gasteiger partial charge in [0.05, 0.1) is 0 Å². The van der Waals surface area contributed by atoms with Gasteiger partial charge in [0, 0.05) is 18.1 Å². The molecule has 1 aliphatic heterocycles. The summed E-state index contributed by atoms with van der Waals surface area (Å²) in [6.07, 6.45) is 0.752. The Morgan fingerprint density at radius 1 is 1.21 bits per heavy atom. The van der Waals surface area contributed by atoms with Crippen molar-refractivity contribution in [3.8, 4) is 0 Å². The lowest BCUT2D eigenvalue weighted by Crippen LogP contribution is -2.51. The summed E-state index contributed by atoms with van der Waals surface area (Å²) in [5.41, 5.74) is 0.591. The van der Waals surface area contributed by atoms with Crippen molar-refractivity contribution in [2.45, 2.75) is 65.1 Å². The molecule has 4 heteroatoms. The zero-order chi connectivity index (χ0) is 18.0. The molecule has 2 rings (SSSR count). The van der Waals surface area contributed by atoms with E-state index in [4.69, 9.17) is 4.74 Å². The Balaban J connectivity index is 1.95. The molecule has 2 atom stereocenters. The van der Waals surface area contributed by atoms with Crippen LogP contribution in [0.25, 0.3) is 0 Å². The maximum absolute atomic E-state index is 12.1. The van der Waals surface area contributed by atoms with Gasteiger partial charge in [-0.2, -0.15) is 0 Å². The molecule has 1 fully saturated rings. The molecule has 134 valence electrons. The van der Waals surface area contributed by atoms with E-state index in [1.165, 1.54) is 5.56 Å². The first-order valence-electron chi connectivity index (χ1n) is 8.88. The average Bonchev–Trinajstić information content (AvgIpc) is 2.95. The highest BCUT2D eigenvalue weighted by Gasteiger charge is 2.38. The molecule has 1 heterocycles. The molecule has 0 saturated carbocycles. The number of benzene rings is 1. The number of carbonyl (C=O) groups is 1. The smallest absolute Gasteiger partial charge is 0.408 e. The van der Waals surface area contributed by atoms with Gasteiger partial charge in [0.1, 0.15) is 5.60 Å². The van der Waals surface area contributed by atoms with Crippen LogP contribution in [0.2, 0.25) is 0 Å². The van der Waals surface area contributed by atoms with Crippen LogP contribution in [0.1, 0.15) is 59.6 Å². The predicted molar refractivity (Wildman–Crippen MR) is 98.0 cm³/mol. The van der Waals surface area contributed by atoms with Crippen molar-refractivity contribution in [2.24, 2.45) is 5.92 Å². The fraction of sp³-hybridized carbons (Fsp3) is 0.650. The van der Waals surface area contributed by atoms with Crippen LogP contribution in [0.5, 0.6) is 0 Å². The molecule has 0 bridgehead atoms. The van der Waals surface area contributed by atoms with Gasteiger partial charge in [-0.1, -0.05) is 30.3 Å². The summed E-state index contributed by atoms with van der Waals surface area (Å²) < 4.78 is 5.41. The number of hydrogen-bond acceptors (Lipinski definition) is 3. The Morgan fingerprint density at radius 2 is 1.83 bits per heavy atom. The second-order valence-corrected chi connectivity index (χ2v) is 8.42. The van der Waals surface area contributed by atoms with Crippen molar-refractivity contribution in [1.82, 2.24) is 10.2 Å². The van der Waals surface area contributed by atoms with Crippen molar-refractivity contribution in [2.75, 3.05) is 13.1 Å². The van der Waals surface area contributed by atoms with Crippen molar-refractivity contribution in [1.29, 1.82) is 0 Å². The van der Waals surface area contributed by atoms with Crippen LogP contribution >= 0.6 is 0 Å². The van der Waals surface area contributed by atoms with E-state index in [1.54, 1.807) is 0 Å². The van der Waals surface area contributed by atoms with Crippen LogP contribution in [-0.4, -0.2) is 35.2 Å². The Hall–Kier alpha value is -1.55. The number of amides is 1. The summed E-state index contributed by atoms with van der Waals surface area (Å²) in [5.74, 6) is 0.413. The Kier molecular flexibility index (Phi) is 5.59. The van der Waals surface area contributed by atoms with E-state index >= 15 is 0 Å². The Labute approximate surface area is 146 Å². The largest absolute Gasteiger partial charge is 0.444 e. The van der Waals surface area contributed by atoms with E-state index in [0.717, 1.165) is 19.5 Å². The first-order chi connectivity index (χ1) is 11.1. The molecular weight excluding hydrogens is 300 g/mol. The number of alkyl carbamates (subject to hydrolysis) is 1. The molecule has 1 amide bonds. The summed E-state index contributed by atoms with van der Waals surface area (Å²) in [6.45, 7) is 14.1. The molecular formula is C20H32N2O2. The molecule has 24 heavy (non-hydrogen) atoms. The van der Waals surface area contributed by atoms with E-state index in [-0.39, 0.29) is 11.6 Å². The van der Waals surface area contributed by atoms with Gasteiger partial charge in [-0.3, -0.25) is 4.90 Å². The van der Waals surface area contributed by atoms with Gasteiger partial charge in [-0.05, 0) is 66.0 Å². The van der Waals surface area contributed by atoms with Gasteiger partial charge in [0.2, 0.25) is 0 Å². The molecule has 0 spiro atoms. The quantitative estimate of drug-likeness (QED) is 0.890. The molecule has 1 aromatic carbocycles. The molecule has 0 aromatic heterocycles. The Bertz CT molecular complexity index is 549. The van der Waals surface area contributed by atoms with Crippen molar-refractivity contribution in [3.63, 3.8) is 0 Å². The monoisotopic (exact) mass is 332 g/mol. The maximum Gasteiger partial charge on any atom is 0.408 e. The topological polar surface area (TPSA) is 41.6 Å². The van der Waals surface area contributed by atoms with E-state index in [9.17, 15) is 4.79 Å². The van der Waals surface area contributed by atoms with E-state index in [0.29, 0.717) is 12.0 Å². The van der Waals surface area contributed by atoms with Crippen molar-refractivity contribution in [3.05, 3.63) is 35.9 Å².